The molecule has 1 aromatic heterocycles. The predicted molar refractivity (Wildman–Crippen MR) is 98.3 cm³/mol. The first-order valence-electron chi connectivity index (χ1n) is 7.44. The van der Waals surface area contributed by atoms with E-state index in [-0.39, 0.29) is 36.8 Å². The lowest BCUT2D eigenvalue weighted by molar-refractivity contribution is 0.0950. The van der Waals surface area contributed by atoms with Gasteiger partial charge in [-0.1, -0.05) is 0 Å². The van der Waals surface area contributed by atoms with E-state index in [1.54, 1.807) is 42.7 Å². The van der Waals surface area contributed by atoms with Gasteiger partial charge < -0.3 is 15.8 Å². The smallest absolute Gasteiger partial charge is 0.251 e. The van der Waals surface area contributed by atoms with E-state index in [1.807, 2.05) is 6.07 Å². The molecule has 0 bridgehead atoms. The molecule has 1 aliphatic rings. The van der Waals surface area contributed by atoms with Gasteiger partial charge in [0, 0.05) is 24.3 Å². The maximum Gasteiger partial charge on any atom is 0.251 e. The Morgan fingerprint density at radius 1 is 1.21 bits per heavy atom. The van der Waals surface area contributed by atoms with E-state index in [4.69, 9.17) is 10.5 Å². The second kappa shape index (κ2) is 9.47. The summed E-state index contributed by atoms with van der Waals surface area (Å²) in [6.07, 6.45) is 5.68. The first-order chi connectivity index (χ1) is 10.7. The fraction of sp³-hybridized carbons (Fsp3) is 0.294. The van der Waals surface area contributed by atoms with Gasteiger partial charge in [0.1, 0.15) is 11.5 Å². The number of amides is 1. The molecule has 1 atom stereocenters. The molecule has 1 unspecified atom stereocenters. The Bertz CT molecular complexity index is 634. The van der Waals surface area contributed by atoms with Crippen molar-refractivity contribution in [3.63, 3.8) is 0 Å². The standard InChI is InChI=1S/C17H19N3O2.2ClH/c18-16(12-3-4-12)11-20-17(21)13-5-7-14(8-6-13)22-15-2-1-9-19-10-15;;/h1-2,5-10,12,16H,3-4,11,18H2,(H,20,21);2*1H. The molecule has 0 aliphatic heterocycles. The maximum absolute atomic E-state index is 12.0. The summed E-state index contributed by atoms with van der Waals surface area (Å²) in [6.45, 7) is 0.525. The molecule has 1 heterocycles. The predicted octanol–water partition coefficient (Wildman–Crippen LogP) is 3.18. The molecule has 3 N–H and O–H groups in total. The van der Waals surface area contributed by atoms with Crippen LogP contribution in [0, 0.1) is 5.92 Å². The van der Waals surface area contributed by atoms with Gasteiger partial charge in [0.25, 0.3) is 5.91 Å². The summed E-state index contributed by atoms with van der Waals surface area (Å²) in [5, 5.41) is 2.87. The largest absolute Gasteiger partial charge is 0.456 e. The van der Waals surface area contributed by atoms with Crippen molar-refractivity contribution in [2.45, 2.75) is 18.9 Å². The number of carbonyl (C=O) groups excluding carboxylic acids is 1. The van der Waals surface area contributed by atoms with Gasteiger partial charge in [-0.05, 0) is 55.2 Å². The summed E-state index contributed by atoms with van der Waals surface area (Å²) in [5.74, 6) is 1.80. The van der Waals surface area contributed by atoms with Crippen LogP contribution in [-0.2, 0) is 0 Å². The first kappa shape index (κ1) is 20.2. The third-order valence-electron chi connectivity index (χ3n) is 3.71. The Morgan fingerprint density at radius 2 is 1.92 bits per heavy atom. The van der Waals surface area contributed by atoms with Crippen molar-refractivity contribution in [2.75, 3.05) is 6.54 Å². The number of benzene rings is 1. The molecule has 5 nitrogen and oxygen atoms in total. The molecule has 1 aromatic carbocycles. The van der Waals surface area contributed by atoms with E-state index >= 15 is 0 Å². The van der Waals surface area contributed by atoms with Crippen molar-refractivity contribution < 1.29 is 9.53 Å². The highest BCUT2D eigenvalue weighted by Crippen LogP contribution is 2.31. The van der Waals surface area contributed by atoms with E-state index in [2.05, 4.69) is 10.3 Å². The minimum absolute atomic E-state index is 0. The number of aromatic nitrogens is 1. The van der Waals surface area contributed by atoms with Gasteiger partial charge in [0.2, 0.25) is 0 Å². The van der Waals surface area contributed by atoms with Crippen molar-refractivity contribution in [1.82, 2.24) is 10.3 Å². The quantitative estimate of drug-likeness (QED) is 0.819. The molecule has 0 spiro atoms. The Hall–Kier alpha value is -1.82. The van der Waals surface area contributed by atoms with Crippen molar-refractivity contribution in [2.24, 2.45) is 11.7 Å². The summed E-state index contributed by atoms with van der Waals surface area (Å²) in [6, 6.07) is 10.7. The number of pyridine rings is 1. The number of hydrogen-bond acceptors (Lipinski definition) is 4. The van der Waals surface area contributed by atoms with Gasteiger partial charge in [-0.25, -0.2) is 0 Å². The fourth-order valence-corrected chi connectivity index (χ4v) is 2.22. The van der Waals surface area contributed by atoms with Crippen LogP contribution in [0.25, 0.3) is 0 Å². The van der Waals surface area contributed by atoms with Gasteiger partial charge in [0.05, 0.1) is 6.20 Å². The van der Waals surface area contributed by atoms with E-state index in [0.717, 1.165) is 0 Å². The second-order valence-corrected chi connectivity index (χ2v) is 5.53. The zero-order chi connectivity index (χ0) is 15.4. The molecule has 130 valence electrons. The summed E-state index contributed by atoms with van der Waals surface area (Å²) >= 11 is 0. The molecule has 1 amide bonds. The fourth-order valence-electron chi connectivity index (χ4n) is 2.22. The first-order valence-corrected chi connectivity index (χ1v) is 7.44. The molecule has 7 heteroatoms. The number of nitrogens with one attached hydrogen (secondary N) is 1. The molecule has 1 aliphatic carbocycles. The molecular weight excluding hydrogens is 349 g/mol. The zero-order valence-electron chi connectivity index (χ0n) is 13.1. The van der Waals surface area contributed by atoms with Crippen LogP contribution in [-0.4, -0.2) is 23.5 Å². The second-order valence-electron chi connectivity index (χ2n) is 5.53. The maximum atomic E-state index is 12.0. The van der Waals surface area contributed by atoms with Crippen molar-refractivity contribution in [1.29, 1.82) is 0 Å². The number of ether oxygens (including phenoxy) is 1. The number of carbonyl (C=O) groups is 1. The Kier molecular flexibility index (Phi) is 7.98. The van der Waals surface area contributed by atoms with E-state index in [0.29, 0.717) is 29.5 Å². The number of nitrogens with zero attached hydrogens (tertiary/aromatic N) is 1. The van der Waals surface area contributed by atoms with Gasteiger partial charge in [-0.3, -0.25) is 9.78 Å². The topological polar surface area (TPSA) is 77.2 Å². The van der Waals surface area contributed by atoms with Crippen LogP contribution in [0.2, 0.25) is 0 Å². The lowest BCUT2D eigenvalue weighted by Crippen LogP contribution is -2.38. The summed E-state index contributed by atoms with van der Waals surface area (Å²) in [7, 11) is 0. The Balaban J connectivity index is 0.00000144. The summed E-state index contributed by atoms with van der Waals surface area (Å²) in [5.41, 5.74) is 6.57. The van der Waals surface area contributed by atoms with Crippen LogP contribution in [0.4, 0.5) is 0 Å². The molecule has 1 saturated carbocycles. The van der Waals surface area contributed by atoms with E-state index in [9.17, 15) is 4.79 Å². The molecule has 24 heavy (non-hydrogen) atoms. The normalized spacial score (nSPS) is 13.9. The Labute approximate surface area is 153 Å². The zero-order valence-corrected chi connectivity index (χ0v) is 14.7. The highest BCUT2D eigenvalue weighted by atomic mass is 35.5. The SMILES string of the molecule is Cl.Cl.NC(CNC(=O)c1ccc(Oc2cccnc2)cc1)C1CC1. The Morgan fingerprint density at radius 3 is 2.50 bits per heavy atom. The minimum Gasteiger partial charge on any atom is -0.456 e. The average molecular weight is 370 g/mol. The lowest BCUT2D eigenvalue weighted by Gasteiger charge is -2.12. The third kappa shape index (κ3) is 5.67. The number of nitrogens with two attached hydrogens (primary N) is 1. The van der Waals surface area contributed by atoms with Crippen LogP contribution in [0.5, 0.6) is 11.5 Å². The van der Waals surface area contributed by atoms with E-state index < -0.39 is 0 Å². The van der Waals surface area contributed by atoms with Crippen LogP contribution in [0.15, 0.2) is 48.8 Å². The molecule has 0 saturated heterocycles. The van der Waals surface area contributed by atoms with Gasteiger partial charge in [-0.15, -0.1) is 24.8 Å². The van der Waals surface area contributed by atoms with Gasteiger partial charge in [0.15, 0.2) is 0 Å². The molecular formula is C17H21Cl2N3O2. The summed E-state index contributed by atoms with van der Waals surface area (Å²) in [4.78, 5) is 16.0. The van der Waals surface area contributed by atoms with Gasteiger partial charge >= 0.3 is 0 Å². The number of halogens is 2. The van der Waals surface area contributed by atoms with Crippen LogP contribution >= 0.6 is 24.8 Å². The summed E-state index contributed by atoms with van der Waals surface area (Å²) < 4.78 is 5.64. The highest BCUT2D eigenvalue weighted by molar-refractivity contribution is 5.94. The minimum atomic E-state index is -0.107. The van der Waals surface area contributed by atoms with Crippen LogP contribution < -0.4 is 15.8 Å². The number of hydrogen-bond donors (Lipinski definition) is 2. The van der Waals surface area contributed by atoms with E-state index in [1.165, 1.54) is 12.8 Å². The van der Waals surface area contributed by atoms with Crippen molar-refractivity contribution in [3.05, 3.63) is 54.4 Å². The molecule has 3 rings (SSSR count). The van der Waals surface area contributed by atoms with Crippen molar-refractivity contribution in [3.8, 4) is 11.5 Å². The lowest BCUT2D eigenvalue weighted by atomic mass is 10.1. The average Bonchev–Trinajstić information content (AvgIpc) is 3.39. The molecule has 2 aromatic rings. The monoisotopic (exact) mass is 369 g/mol. The van der Waals surface area contributed by atoms with Crippen LogP contribution in [0.3, 0.4) is 0 Å². The third-order valence-corrected chi connectivity index (χ3v) is 3.71. The molecule has 0 radical (unpaired) electrons. The van der Waals surface area contributed by atoms with Crippen molar-refractivity contribution >= 4 is 30.7 Å². The molecule has 1 fully saturated rings. The van der Waals surface area contributed by atoms with Gasteiger partial charge in [-0.2, -0.15) is 0 Å². The van der Waals surface area contributed by atoms with Crippen LogP contribution in [0.1, 0.15) is 23.2 Å². The number of rotatable bonds is 6. The highest BCUT2D eigenvalue weighted by Gasteiger charge is 2.28.